The Bertz CT molecular complexity index is 1540. The Kier molecular flexibility index (Phi) is 25.1. The van der Waals surface area contributed by atoms with Crippen LogP contribution in [0, 0.1) is 0 Å². The molecule has 52 heavy (non-hydrogen) atoms. The molecule has 3 rings (SSSR count). The number of halogens is 6. The molecule has 3 heterocycles. The topological polar surface area (TPSA) is 288 Å². The predicted octanol–water partition coefficient (Wildman–Crippen LogP) is 1.38. The second-order valence-corrected chi connectivity index (χ2v) is 15.1. The van der Waals surface area contributed by atoms with Crippen LogP contribution in [0.4, 0.5) is 26.3 Å². The van der Waals surface area contributed by atoms with E-state index in [9.17, 15) is 26.3 Å². The number of hydrogen-bond donors (Lipinski definition) is 5. The van der Waals surface area contributed by atoms with E-state index >= 15 is 0 Å². The zero-order chi connectivity index (χ0) is 40.1. The number of H-pyrrole nitrogens is 3. The average molecular weight is 879 g/mol. The smallest absolute Gasteiger partial charge is 0.741 e. The van der Waals surface area contributed by atoms with E-state index in [4.69, 9.17) is 48.0 Å². The maximum Gasteiger partial charge on any atom is 2.00 e. The molecular weight excluding hydrogens is 845 g/mol. The van der Waals surface area contributed by atoms with Gasteiger partial charge in [0.2, 0.25) is 0 Å². The third-order valence-electron chi connectivity index (χ3n) is 4.33. The van der Waals surface area contributed by atoms with Gasteiger partial charge in [0.25, 0.3) is 6.49 Å². The van der Waals surface area contributed by atoms with Crippen LogP contribution < -0.4 is 0 Å². The van der Waals surface area contributed by atoms with E-state index in [1.54, 1.807) is 106 Å². The molecule has 0 bridgehead atoms. The molecule has 0 aliphatic rings. The van der Waals surface area contributed by atoms with Crippen molar-refractivity contribution in [2.45, 2.75) is 24.9 Å². The number of alkyl halides is 6. The number of nitrogens with zero attached hydrogens (tertiary/aromatic N) is 9. The Morgan fingerprint density at radius 1 is 0.712 bits per heavy atom. The maximum absolute atomic E-state index is 10.7. The first kappa shape index (κ1) is 52.9. The van der Waals surface area contributed by atoms with Gasteiger partial charge in [-0.15, -0.1) is 0 Å². The van der Waals surface area contributed by atoms with Crippen molar-refractivity contribution in [2.24, 2.45) is 15.3 Å². The molecule has 0 radical (unpaired) electrons. The number of imidazole rings is 3. The van der Waals surface area contributed by atoms with Crippen LogP contribution in [0.1, 0.15) is 30.9 Å². The number of hydrazone groups is 3. The monoisotopic (exact) mass is 878 g/mol. The molecule has 0 atom stereocenters. The van der Waals surface area contributed by atoms with E-state index in [-0.39, 0.29) is 30.3 Å². The fraction of sp³-hybridized carbons (Fsp3) is 0.429. The largest absolute Gasteiger partial charge is 2.00 e. The fourth-order valence-corrected chi connectivity index (χ4v) is 4.28. The number of aromatic amines is 3. The molecule has 298 valence electrons. The second kappa shape index (κ2) is 24.7. The first-order valence-corrected chi connectivity index (χ1v) is 18.5. The van der Waals surface area contributed by atoms with E-state index in [1.165, 1.54) is 0 Å². The molecule has 31 heteroatoms. The quantitative estimate of drug-likeness (QED) is 0.0386. The molecule has 3 aromatic rings. The fourth-order valence-electron chi connectivity index (χ4n) is 2.22. The first-order chi connectivity index (χ1) is 23.3. The van der Waals surface area contributed by atoms with E-state index < -0.39 is 37.7 Å². The van der Waals surface area contributed by atoms with Gasteiger partial charge in [-0.05, 0) is 25.7 Å². The summed E-state index contributed by atoms with van der Waals surface area (Å²) in [5.41, 5.74) is -9.24. The zero-order valence-electron chi connectivity index (χ0n) is 27.3. The number of hydrogen-bond acceptors (Lipinski definition) is 15. The molecule has 0 aliphatic heterocycles. The van der Waals surface area contributed by atoms with Crippen LogP contribution in [-0.4, -0.2) is 144 Å². The molecule has 0 spiro atoms. The van der Waals surface area contributed by atoms with Gasteiger partial charge in [0.05, 0.1) is 37.6 Å². The Balaban J connectivity index is -0.000000856. The molecule has 3 aromatic heterocycles. The van der Waals surface area contributed by atoms with Gasteiger partial charge >= 0.3 is 28.1 Å². The van der Waals surface area contributed by atoms with Crippen molar-refractivity contribution < 1.29 is 79.6 Å². The Hall–Kier alpha value is -3.47. The van der Waals surface area contributed by atoms with Gasteiger partial charge in [0.1, 0.15) is 17.1 Å². The summed E-state index contributed by atoms with van der Waals surface area (Å²) in [6, 6.07) is 0. The SMILES string of the molecule is CCO.CCO.CN(/N=C/c1c[nH]cn1)P(=S)(N(C)/N=C/c1c[nH]cn1)N(C)/N=C/c1c[nH]cn1.O=S(=O)([O-])C(F)(F)F.O=S(=O)([O-])C(F)(F)F.[Fe+2]. The number of aliphatic hydroxyl groups excluding tert-OH is 2. The van der Waals surface area contributed by atoms with Crippen LogP contribution in [0.2, 0.25) is 0 Å². The molecule has 0 fully saturated rings. The number of aromatic nitrogens is 6. The van der Waals surface area contributed by atoms with Gasteiger partial charge in [-0.2, -0.15) is 41.6 Å². The Morgan fingerprint density at radius 2 is 0.904 bits per heavy atom. The minimum absolute atomic E-state index is 0. The van der Waals surface area contributed by atoms with E-state index in [0.717, 1.165) is 0 Å². The van der Waals surface area contributed by atoms with Crippen LogP contribution in [-0.2, 0) is 49.1 Å². The summed E-state index contributed by atoms with van der Waals surface area (Å²) < 4.78 is 123. The van der Waals surface area contributed by atoms with Crippen molar-refractivity contribution in [3.8, 4) is 0 Å². The van der Waals surface area contributed by atoms with Gasteiger partial charge in [-0.3, -0.25) is 0 Å². The molecule has 0 aliphatic carbocycles. The standard InChI is InChI=1S/C15H21N12PS.2C2H6O.2CHF3O3S.Fe/c1-25(22-7-13-4-16-10-19-13)28(29,26(2)23-8-14-5-17-11-20-14)27(3)24-9-15-6-18-12-21-15;2*1-2-3;2*2-1(3,4)8(5,6)7;/h4-12H,1-3H3,(H,16,19)(H,17,20)(H,18,21);2*3H,2H2,1H3;2*(H,5,6,7);/q;;;;;+2/p-2/b22-7+,23-8+,24-9+;;;;;. The first-order valence-electron chi connectivity index (χ1n) is 13.0. The Morgan fingerprint density at radius 3 is 1.04 bits per heavy atom. The number of nitrogens with one attached hydrogen (secondary N) is 3. The summed E-state index contributed by atoms with van der Waals surface area (Å²) in [6.07, 6.45) is 14.8. The van der Waals surface area contributed by atoms with Crippen LogP contribution in [0.3, 0.4) is 0 Å². The van der Waals surface area contributed by atoms with Crippen molar-refractivity contribution in [2.75, 3.05) is 34.4 Å². The second-order valence-electron chi connectivity index (χ2n) is 8.13. The van der Waals surface area contributed by atoms with Crippen molar-refractivity contribution >= 4 is 57.2 Å². The van der Waals surface area contributed by atoms with Crippen LogP contribution in [0.5, 0.6) is 0 Å². The van der Waals surface area contributed by atoms with E-state index in [1.807, 2.05) is 0 Å². The minimum Gasteiger partial charge on any atom is -0.741 e. The maximum atomic E-state index is 10.7. The summed E-state index contributed by atoms with van der Waals surface area (Å²) in [7, 11) is -6.83. The van der Waals surface area contributed by atoms with Crippen LogP contribution >= 0.6 is 6.49 Å². The van der Waals surface area contributed by atoms with Gasteiger partial charge in [-0.1, -0.05) is 0 Å². The van der Waals surface area contributed by atoms with Crippen LogP contribution in [0.15, 0.2) is 52.9 Å². The van der Waals surface area contributed by atoms with Crippen LogP contribution in [0.25, 0.3) is 0 Å². The van der Waals surface area contributed by atoms with Gasteiger partial charge in [0.15, 0.2) is 20.2 Å². The van der Waals surface area contributed by atoms with Crippen molar-refractivity contribution in [3.05, 3.63) is 54.7 Å². The third kappa shape index (κ3) is 20.5. The van der Waals surface area contributed by atoms with Gasteiger partial charge in [-0.25, -0.2) is 46.1 Å². The van der Waals surface area contributed by atoms with Gasteiger partial charge < -0.3 is 34.3 Å². The number of aliphatic hydroxyl groups is 2. The Labute approximate surface area is 309 Å². The average Bonchev–Trinajstić information content (AvgIpc) is 3.81. The summed E-state index contributed by atoms with van der Waals surface area (Å²) in [4.78, 5) is 21.1. The predicted molar refractivity (Wildman–Crippen MR) is 173 cm³/mol. The molecular formula is C21H33F6FeN12O8PS3. The number of rotatable bonds is 9. The van der Waals surface area contributed by atoms with E-state index in [2.05, 4.69) is 45.2 Å². The molecule has 0 amide bonds. The van der Waals surface area contributed by atoms with Gasteiger partial charge in [0, 0.05) is 52.9 Å². The summed E-state index contributed by atoms with van der Waals surface area (Å²) in [6.45, 7) is 1.14. The zero-order valence-corrected chi connectivity index (χ0v) is 31.7. The minimum atomic E-state index is -6.09. The molecule has 0 saturated carbocycles. The summed E-state index contributed by atoms with van der Waals surface area (Å²) >= 11 is 6.02. The molecule has 0 unspecified atom stereocenters. The molecule has 5 N–H and O–H groups in total. The molecule has 0 saturated heterocycles. The van der Waals surface area contributed by atoms with E-state index in [0.29, 0.717) is 17.1 Å². The summed E-state index contributed by atoms with van der Waals surface area (Å²) in [5.74, 6) is 0. The molecule has 0 aromatic carbocycles. The van der Waals surface area contributed by atoms with Crippen molar-refractivity contribution in [1.82, 2.24) is 44.2 Å². The normalized spacial score (nSPS) is 11.9. The summed E-state index contributed by atoms with van der Waals surface area (Å²) in [5, 5.41) is 28.5. The third-order valence-corrected chi connectivity index (χ3v) is 10.2. The molecule has 20 nitrogen and oxygen atoms in total. The van der Waals surface area contributed by atoms with Crippen molar-refractivity contribution in [1.29, 1.82) is 0 Å². The van der Waals surface area contributed by atoms with Crippen molar-refractivity contribution in [3.63, 3.8) is 0 Å².